The fourth-order valence-corrected chi connectivity index (χ4v) is 5.09. The van der Waals surface area contributed by atoms with Crippen molar-refractivity contribution in [2.75, 3.05) is 6.54 Å². The highest BCUT2D eigenvalue weighted by Crippen LogP contribution is 2.33. The summed E-state index contributed by atoms with van der Waals surface area (Å²) in [6, 6.07) is 1.38. The van der Waals surface area contributed by atoms with Crippen molar-refractivity contribution in [2.45, 2.75) is 50.4 Å². The van der Waals surface area contributed by atoms with E-state index in [0.29, 0.717) is 31.5 Å². The zero-order valence-corrected chi connectivity index (χ0v) is 15.5. The van der Waals surface area contributed by atoms with Gasteiger partial charge in [0, 0.05) is 36.9 Å². The first-order chi connectivity index (χ1) is 12.7. The summed E-state index contributed by atoms with van der Waals surface area (Å²) in [5.74, 6) is 0.779. The van der Waals surface area contributed by atoms with Crippen molar-refractivity contribution in [1.82, 2.24) is 20.6 Å². The van der Waals surface area contributed by atoms with E-state index in [0.717, 1.165) is 5.96 Å². The Labute approximate surface area is 154 Å². The molecule has 0 amide bonds. The second kappa shape index (κ2) is 6.46. The molecule has 1 fully saturated rings. The summed E-state index contributed by atoms with van der Waals surface area (Å²) in [5.41, 5.74) is -0.472. The molecule has 0 spiro atoms. The number of nitrogens with zero attached hydrogens (tertiary/aromatic N) is 1. The number of aromatic nitrogens is 2. The zero-order valence-electron chi connectivity index (χ0n) is 14.6. The van der Waals surface area contributed by atoms with E-state index in [1.807, 2.05) is 6.92 Å². The van der Waals surface area contributed by atoms with Crippen LogP contribution in [0, 0.1) is 5.92 Å². The smallest absolute Gasteiger partial charge is 0.311 e. The van der Waals surface area contributed by atoms with Crippen LogP contribution in [0.25, 0.3) is 0 Å². The Morgan fingerprint density at radius 2 is 2.07 bits per heavy atom. The van der Waals surface area contributed by atoms with Gasteiger partial charge in [0.15, 0.2) is 0 Å². The molecule has 1 aromatic heterocycles. The Kier molecular flexibility index (Phi) is 4.35. The summed E-state index contributed by atoms with van der Waals surface area (Å²) in [6.45, 7) is 2.55. The van der Waals surface area contributed by atoms with Gasteiger partial charge in [-0.2, -0.15) is 8.42 Å². The molecule has 1 aromatic rings. The van der Waals surface area contributed by atoms with Crippen LogP contribution in [0.1, 0.15) is 25.5 Å². The molecule has 11 nitrogen and oxygen atoms in total. The maximum atomic E-state index is 11.5. The Balaban J connectivity index is 1.57. The molecule has 0 bridgehead atoms. The molecule has 0 aliphatic carbocycles. The van der Waals surface area contributed by atoms with Crippen molar-refractivity contribution in [1.29, 1.82) is 0 Å². The van der Waals surface area contributed by atoms with Crippen LogP contribution in [0.2, 0.25) is 0 Å². The molecule has 4 rings (SSSR count). The fraction of sp³-hybridized carbons (Fsp3) is 0.667. The highest BCUT2D eigenvalue weighted by Gasteiger charge is 2.51. The monoisotopic (exact) mass is 400 g/mol. The minimum atomic E-state index is -4.52. The maximum Gasteiger partial charge on any atom is 0.397 e. The highest BCUT2D eigenvalue weighted by atomic mass is 32.3. The lowest BCUT2D eigenvalue weighted by atomic mass is 9.83. The van der Waals surface area contributed by atoms with Gasteiger partial charge in [0.05, 0.1) is 24.7 Å². The maximum absolute atomic E-state index is 11.5. The quantitative estimate of drug-likeness (QED) is 0.284. The summed E-state index contributed by atoms with van der Waals surface area (Å²) in [4.78, 5) is 27.7. The van der Waals surface area contributed by atoms with Gasteiger partial charge in [-0.3, -0.25) is 29.5 Å². The molecular weight excluding hydrogens is 378 g/mol. The summed E-state index contributed by atoms with van der Waals surface area (Å²) >= 11 is 0. The number of aromatic amines is 2. The van der Waals surface area contributed by atoms with Gasteiger partial charge in [-0.25, -0.2) is 8.98 Å². The van der Waals surface area contributed by atoms with Gasteiger partial charge in [-0.15, -0.1) is 0 Å². The largest absolute Gasteiger partial charge is 0.397 e. The normalized spacial score (nSPS) is 32.6. The van der Waals surface area contributed by atoms with Gasteiger partial charge in [-0.1, -0.05) is 6.92 Å². The number of piperidine rings is 1. The first-order valence-electron chi connectivity index (χ1n) is 8.83. The number of hydrogen-bond acceptors (Lipinski definition) is 7. The van der Waals surface area contributed by atoms with Crippen LogP contribution in [-0.2, 0) is 21.0 Å². The summed E-state index contributed by atoms with van der Waals surface area (Å²) in [7, 11) is -4.52. The molecule has 1 saturated heterocycles. The Morgan fingerprint density at radius 1 is 1.30 bits per heavy atom. The van der Waals surface area contributed by atoms with E-state index in [2.05, 4.69) is 25.2 Å². The molecule has 5 atom stereocenters. The molecule has 12 heteroatoms. The zero-order chi connectivity index (χ0) is 19.3. The standard InChI is InChI=1S/C15H21N5O6S/c1-7-11-6-16-14-17-8(2-9-4-13(21)19-15(22)18-9)3-10(20(11)14)5-12(7)26-27(23,24)25/h4,7-8,10-12H,2-3,5-6H2,1H3,(H4,16,17,18,19,21,22,23,24,25)/p+1/t7-,8?,10?,11-,12+/m1/s1. The fourth-order valence-electron chi connectivity index (χ4n) is 4.52. The molecule has 5 N–H and O–H groups in total. The van der Waals surface area contributed by atoms with Gasteiger partial charge in [-0.05, 0) is 0 Å². The van der Waals surface area contributed by atoms with Gasteiger partial charge >= 0.3 is 22.0 Å². The second-order valence-electron chi connectivity index (χ2n) is 7.41. The molecule has 3 aliphatic heterocycles. The average molecular weight is 400 g/mol. The highest BCUT2D eigenvalue weighted by molar-refractivity contribution is 7.80. The predicted molar refractivity (Wildman–Crippen MR) is 94.0 cm³/mol. The van der Waals surface area contributed by atoms with Crippen molar-refractivity contribution in [3.05, 3.63) is 32.6 Å². The van der Waals surface area contributed by atoms with E-state index in [4.69, 9.17) is 8.74 Å². The van der Waals surface area contributed by atoms with E-state index >= 15 is 0 Å². The Bertz CT molecular complexity index is 970. The van der Waals surface area contributed by atoms with E-state index in [9.17, 15) is 18.0 Å². The molecule has 0 radical (unpaired) electrons. The van der Waals surface area contributed by atoms with Crippen molar-refractivity contribution in [2.24, 2.45) is 5.92 Å². The number of rotatable bonds is 4. The first kappa shape index (κ1) is 18.2. The van der Waals surface area contributed by atoms with Gasteiger partial charge < -0.3 is 4.98 Å². The summed E-state index contributed by atoms with van der Waals surface area (Å²) in [6.07, 6.45) is 0.963. The van der Waals surface area contributed by atoms with Crippen molar-refractivity contribution >= 4 is 16.4 Å². The Morgan fingerprint density at radius 3 is 2.78 bits per heavy atom. The summed E-state index contributed by atoms with van der Waals surface area (Å²) in [5, 5.41) is 6.71. The van der Waals surface area contributed by atoms with Gasteiger partial charge in [0.1, 0.15) is 6.04 Å². The van der Waals surface area contributed by atoms with Crippen molar-refractivity contribution in [3.63, 3.8) is 0 Å². The average Bonchev–Trinajstić information content (AvgIpc) is 2.94. The third-order valence-corrected chi connectivity index (χ3v) is 6.10. The van der Waals surface area contributed by atoms with E-state index in [1.54, 1.807) is 0 Å². The number of guanidine groups is 1. The van der Waals surface area contributed by atoms with Crippen molar-refractivity contribution < 1.29 is 21.7 Å². The Hall–Kier alpha value is -2.18. The van der Waals surface area contributed by atoms with Gasteiger partial charge in [0.2, 0.25) is 0 Å². The van der Waals surface area contributed by atoms with E-state index < -0.39 is 27.8 Å². The second-order valence-corrected chi connectivity index (χ2v) is 8.46. The molecule has 3 aliphatic rings. The lowest BCUT2D eigenvalue weighted by Crippen LogP contribution is -2.59. The lowest BCUT2D eigenvalue weighted by Gasteiger charge is -2.40. The lowest BCUT2D eigenvalue weighted by molar-refractivity contribution is -0.620. The molecular formula is C15H22N5O6S+. The number of hydrogen-bond donors (Lipinski definition) is 5. The summed E-state index contributed by atoms with van der Waals surface area (Å²) < 4.78 is 38.6. The van der Waals surface area contributed by atoms with E-state index in [1.165, 1.54) is 6.07 Å². The van der Waals surface area contributed by atoms with Gasteiger partial charge in [0.25, 0.3) is 5.56 Å². The van der Waals surface area contributed by atoms with Crippen LogP contribution < -0.4 is 21.9 Å². The number of H-pyrrole nitrogens is 2. The topological polar surface area (TPSA) is 156 Å². The van der Waals surface area contributed by atoms with Crippen LogP contribution in [-0.4, -0.2) is 64.2 Å². The van der Waals surface area contributed by atoms with Crippen LogP contribution in [0.3, 0.4) is 0 Å². The van der Waals surface area contributed by atoms with Crippen molar-refractivity contribution in [3.8, 4) is 0 Å². The third kappa shape index (κ3) is 3.64. The molecule has 2 unspecified atom stereocenters. The minimum Gasteiger partial charge on any atom is -0.311 e. The molecule has 4 heterocycles. The van der Waals surface area contributed by atoms with Crippen LogP contribution in [0.4, 0.5) is 0 Å². The van der Waals surface area contributed by atoms with E-state index in [-0.39, 0.29) is 24.0 Å². The first-order valence-corrected chi connectivity index (χ1v) is 10.2. The van der Waals surface area contributed by atoms with Crippen LogP contribution >= 0.6 is 0 Å². The molecule has 148 valence electrons. The molecule has 0 aromatic carbocycles. The van der Waals surface area contributed by atoms with Crippen LogP contribution in [0.5, 0.6) is 0 Å². The molecule has 27 heavy (non-hydrogen) atoms. The predicted octanol–water partition coefficient (Wildman–Crippen LogP) is -2.10. The minimum absolute atomic E-state index is 0.0166. The number of nitrogens with one attached hydrogen (secondary N) is 4. The molecule has 0 saturated carbocycles. The van der Waals surface area contributed by atoms with Crippen LogP contribution in [0.15, 0.2) is 15.7 Å². The third-order valence-electron chi connectivity index (χ3n) is 5.61. The SMILES string of the molecule is C[C@H]1[C@@H](OS(=O)(=O)O)CC2CC(Cc3cc(=O)[nH]c(=O)[nH]3)NC3=[N+]2[C@@H]1CN3.